The molecule has 0 spiro atoms. The summed E-state index contributed by atoms with van der Waals surface area (Å²) in [4.78, 5) is 80.4. The average molecular weight is 672 g/mol. The number of nitrogens with two attached hydrogens (primary N) is 1. The molecule has 0 unspecified atom stereocenters. The van der Waals surface area contributed by atoms with Crippen LogP contribution < -0.4 is 32.3 Å². The van der Waals surface area contributed by atoms with Crippen LogP contribution in [-0.4, -0.2) is 88.8 Å². The second-order valence-electron chi connectivity index (χ2n) is 13.2. The summed E-state index contributed by atoms with van der Waals surface area (Å²) in [5.74, 6) is -3.76. The van der Waals surface area contributed by atoms with Gasteiger partial charge in [0.25, 0.3) is 0 Å². The molecular formula is C34H53N7O7. The number of carbonyl (C=O) groups is 6. The lowest BCUT2D eigenvalue weighted by Crippen LogP contribution is -2.61. The number of hydrogen-bond acceptors (Lipinski definition) is 8. The van der Waals surface area contributed by atoms with E-state index in [0.29, 0.717) is 19.1 Å². The standard InChI is InChI=1S/C34H53N7O7/c1-8-20(6)27(17-42)38-28(44)16-37-32(46)26(14-22-15-36-25-12-10-9-11-23(22)25)39-33(47)29(19(4)5)40-34(48)30(21(7)43)41-31(45)24(35)13-18(2)3/h9-12,15,17-21,24,26-27,29-30,36,43H,8,13-14,16,35H2,1-7H3,(H,37,46)(H,38,44)(H,39,47)(H,40,48)(H,41,45)/t20-,21+,24-,26-,27+,29-,30-/m0/s1. The van der Waals surface area contributed by atoms with Crippen LogP contribution in [0.3, 0.4) is 0 Å². The van der Waals surface area contributed by atoms with Crippen LogP contribution >= 0.6 is 0 Å². The number of para-hydroxylation sites is 1. The molecule has 14 heteroatoms. The zero-order valence-corrected chi connectivity index (χ0v) is 29.0. The largest absolute Gasteiger partial charge is 0.391 e. The molecule has 0 aliphatic heterocycles. The van der Waals surface area contributed by atoms with Crippen LogP contribution in [0, 0.1) is 17.8 Å². The molecule has 2 rings (SSSR count). The number of aliphatic hydroxyl groups is 1. The smallest absolute Gasteiger partial charge is 0.245 e. The molecule has 0 saturated heterocycles. The zero-order valence-electron chi connectivity index (χ0n) is 29.0. The van der Waals surface area contributed by atoms with E-state index in [1.807, 2.05) is 52.0 Å². The van der Waals surface area contributed by atoms with Crippen molar-refractivity contribution in [3.8, 4) is 0 Å². The van der Waals surface area contributed by atoms with Crippen molar-refractivity contribution in [1.82, 2.24) is 31.6 Å². The van der Waals surface area contributed by atoms with E-state index in [2.05, 4.69) is 31.6 Å². The molecule has 1 aromatic carbocycles. The van der Waals surface area contributed by atoms with Crippen LogP contribution in [0.4, 0.5) is 0 Å². The van der Waals surface area contributed by atoms with Gasteiger partial charge in [-0.25, -0.2) is 0 Å². The Labute approximate surface area is 282 Å². The molecule has 5 amide bonds. The number of fused-ring (bicyclic) bond motifs is 1. The number of hydrogen-bond donors (Lipinski definition) is 8. The summed E-state index contributed by atoms with van der Waals surface area (Å²) in [5.41, 5.74) is 7.52. The SMILES string of the molecule is CC[C@H](C)[C@@H](C=O)NC(=O)CNC(=O)[C@H](Cc1c[nH]c2ccccc12)NC(=O)[C@@H](NC(=O)[C@@H](NC(=O)[C@@H](N)CC(C)C)[C@@H](C)O)C(C)C. The molecule has 14 nitrogen and oxygen atoms in total. The Hall–Kier alpha value is -4.30. The summed E-state index contributed by atoms with van der Waals surface area (Å²) in [6.07, 6.45) is 2.16. The predicted octanol–water partition coefficient (Wildman–Crippen LogP) is 0.421. The van der Waals surface area contributed by atoms with Crippen molar-refractivity contribution in [3.05, 3.63) is 36.0 Å². The molecule has 266 valence electrons. The first-order chi connectivity index (χ1) is 22.6. The number of aliphatic hydroxyl groups excluding tert-OH is 1. The number of amides is 5. The minimum Gasteiger partial charge on any atom is -0.391 e. The van der Waals surface area contributed by atoms with E-state index in [1.54, 1.807) is 20.0 Å². The third kappa shape index (κ3) is 11.7. The minimum absolute atomic E-state index is 0.0475. The topological polar surface area (TPSA) is 225 Å². The highest BCUT2D eigenvalue weighted by Gasteiger charge is 2.34. The fourth-order valence-electron chi connectivity index (χ4n) is 5.14. The van der Waals surface area contributed by atoms with Gasteiger partial charge in [-0.15, -0.1) is 0 Å². The second-order valence-corrected chi connectivity index (χ2v) is 13.2. The number of aromatic amines is 1. The summed E-state index contributed by atoms with van der Waals surface area (Å²) in [6.45, 7) is 11.8. The Bertz CT molecular complexity index is 1410. The van der Waals surface area contributed by atoms with Gasteiger partial charge in [0.15, 0.2) is 0 Å². The molecule has 9 N–H and O–H groups in total. The fraction of sp³-hybridized carbons (Fsp3) is 0.588. The Balaban J connectivity index is 2.26. The van der Waals surface area contributed by atoms with Crippen molar-refractivity contribution in [3.63, 3.8) is 0 Å². The highest BCUT2D eigenvalue weighted by Crippen LogP contribution is 2.19. The molecule has 0 fully saturated rings. The normalized spacial score (nSPS) is 15.8. The molecule has 0 radical (unpaired) electrons. The number of carbonyl (C=O) groups excluding carboxylic acids is 6. The molecule has 0 aliphatic rings. The lowest BCUT2D eigenvalue weighted by atomic mass is 9.99. The third-order valence-electron chi connectivity index (χ3n) is 8.26. The molecule has 1 aromatic heterocycles. The van der Waals surface area contributed by atoms with Crippen molar-refractivity contribution >= 4 is 46.7 Å². The predicted molar refractivity (Wildman–Crippen MR) is 182 cm³/mol. The van der Waals surface area contributed by atoms with Gasteiger partial charge in [0.1, 0.15) is 24.4 Å². The van der Waals surface area contributed by atoms with E-state index in [0.717, 1.165) is 16.5 Å². The number of rotatable bonds is 19. The molecule has 7 atom stereocenters. The van der Waals surface area contributed by atoms with Gasteiger partial charge >= 0.3 is 0 Å². The molecular weight excluding hydrogens is 618 g/mol. The number of H-pyrrole nitrogens is 1. The van der Waals surface area contributed by atoms with E-state index >= 15 is 0 Å². The lowest BCUT2D eigenvalue weighted by molar-refractivity contribution is -0.136. The van der Waals surface area contributed by atoms with Crippen molar-refractivity contribution in [2.24, 2.45) is 23.5 Å². The Morgan fingerprint density at radius 2 is 1.50 bits per heavy atom. The Morgan fingerprint density at radius 3 is 2.08 bits per heavy atom. The van der Waals surface area contributed by atoms with Crippen LogP contribution in [-0.2, 0) is 35.2 Å². The summed E-state index contributed by atoms with van der Waals surface area (Å²) in [6, 6.07) is 2.12. The van der Waals surface area contributed by atoms with Crippen LogP contribution in [0.2, 0.25) is 0 Å². The van der Waals surface area contributed by atoms with Gasteiger partial charge in [-0.05, 0) is 42.7 Å². The maximum Gasteiger partial charge on any atom is 0.245 e. The van der Waals surface area contributed by atoms with Gasteiger partial charge in [-0.2, -0.15) is 0 Å². The van der Waals surface area contributed by atoms with Crippen LogP contribution in [0.5, 0.6) is 0 Å². The van der Waals surface area contributed by atoms with Crippen molar-refractivity contribution in [1.29, 1.82) is 0 Å². The van der Waals surface area contributed by atoms with E-state index < -0.39 is 78.3 Å². The average Bonchev–Trinajstić information content (AvgIpc) is 3.44. The van der Waals surface area contributed by atoms with Crippen LogP contribution in [0.1, 0.15) is 66.9 Å². The number of aldehydes is 1. The molecule has 0 saturated carbocycles. The maximum atomic E-state index is 13.7. The minimum atomic E-state index is -1.39. The lowest BCUT2D eigenvalue weighted by Gasteiger charge is -2.28. The van der Waals surface area contributed by atoms with Gasteiger partial charge < -0.3 is 47.2 Å². The van der Waals surface area contributed by atoms with Gasteiger partial charge in [0.05, 0.1) is 24.7 Å². The first-order valence-electron chi connectivity index (χ1n) is 16.5. The van der Waals surface area contributed by atoms with Crippen LogP contribution in [0.15, 0.2) is 30.5 Å². The van der Waals surface area contributed by atoms with E-state index in [-0.39, 0.29) is 18.3 Å². The zero-order chi connectivity index (χ0) is 36.1. The molecule has 1 heterocycles. The van der Waals surface area contributed by atoms with Crippen molar-refractivity contribution < 1.29 is 33.9 Å². The van der Waals surface area contributed by atoms with Gasteiger partial charge in [0.2, 0.25) is 29.5 Å². The van der Waals surface area contributed by atoms with Gasteiger partial charge in [-0.1, -0.05) is 66.2 Å². The second kappa shape index (κ2) is 18.9. The van der Waals surface area contributed by atoms with Crippen LogP contribution in [0.25, 0.3) is 10.9 Å². The highest BCUT2D eigenvalue weighted by atomic mass is 16.3. The molecule has 2 aromatic rings. The van der Waals surface area contributed by atoms with E-state index in [9.17, 15) is 33.9 Å². The third-order valence-corrected chi connectivity index (χ3v) is 8.26. The summed E-state index contributed by atoms with van der Waals surface area (Å²) < 4.78 is 0. The molecule has 0 bridgehead atoms. The Kier molecular flexibility index (Phi) is 15.7. The van der Waals surface area contributed by atoms with Crippen molar-refractivity contribution in [2.75, 3.05) is 6.54 Å². The summed E-state index contributed by atoms with van der Waals surface area (Å²) in [7, 11) is 0. The van der Waals surface area contributed by atoms with Gasteiger partial charge in [0, 0.05) is 23.5 Å². The first-order valence-corrected chi connectivity index (χ1v) is 16.5. The number of aromatic nitrogens is 1. The van der Waals surface area contributed by atoms with E-state index in [1.165, 1.54) is 6.92 Å². The molecule has 48 heavy (non-hydrogen) atoms. The number of nitrogens with one attached hydrogen (secondary N) is 6. The van der Waals surface area contributed by atoms with E-state index in [4.69, 9.17) is 5.73 Å². The van der Waals surface area contributed by atoms with Crippen molar-refractivity contribution in [2.45, 2.75) is 104 Å². The summed E-state index contributed by atoms with van der Waals surface area (Å²) in [5, 5.41) is 24.1. The Morgan fingerprint density at radius 1 is 0.875 bits per heavy atom. The quantitative estimate of drug-likeness (QED) is 0.0975. The number of benzene rings is 1. The van der Waals surface area contributed by atoms with Gasteiger partial charge in [-0.3, -0.25) is 24.0 Å². The first kappa shape index (κ1) is 39.9. The maximum absolute atomic E-state index is 13.7. The monoisotopic (exact) mass is 671 g/mol. The molecule has 0 aliphatic carbocycles. The highest BCUT2D eigenvalue weighted by molar-refractivity contribution is 5.96. The summed E-state index contributed by atoms with van der Waals surface area (Å²) >= 11 is 0. The fourth-order valence-corrected chi connectivity index (χ4v) is 5.14.